The first kappa shape index (κ1) is 20.1. The van der Waals surface area contributed by atoms with Gasteiger partial charge >= 0.3 is 5.97 Å². The van der Waals surface area contributed by atoms with Crippen LogP contribution in [0.3, 0.4) is 0 Å². The zero-order chi connectivity index (χ0) is 19.6. The third kappa shape index (κ3) is 6.91. The Labute approximate surface area is 161 Å². The first-order chi connectivity index (χ1) is 13.0. The molecule has 2 aromatic rings. The monoisotopic (exact) mass is 387 g/mol. The summed E-state index contributed by atoms with van der Waals surface area (Å²) in [4.78, 5) is 34.7. The zero-order valence-electron chi connectivity index (χ0n) is 14.3. The second kappa shape index (κ2) is 10.1. The van der Waals surface area contributed by atoms with E-state index in [-0.39, 0.29) is 19.4 Å². The summed E-state index contributed by atoms with van der Waals surface area (Å²) in [6, 6.07) is 15.3. The van der Waals surface area contributed by atoms with E-state index in [9.17, 15) is 14.4 Å². The van der Waals surface area contributed by atoms with Gasteiger partial charge in [-0.1, -0.05) is 48.0 Å². The molecular weight excluding hydrogens is 370 g/mol. The molecule has 0 fully saturated rings. The van der Waals surface area contributed by atoms with E-state index in [4.69, 9.17) is 16.7 Å². The number of amides is 2. The number of halogens is 1. The minimum atomic E-state index is -0.959. The molecule has 0 unspecified atom stereocenters. The second-order valence-corrected chi connectivity index (χ2v) is 5.98. The number of nitrogens with zero attached hydrogens (tertiary/aromatic N) is 1. The molecule has 0 heterocycles. The maximum atomic E-state index is 12.0. The van der Waals surface area contributed by atoms with Gasteiger partial charge in [0, 0.05) is 17.0 Å². The molecule has 0 aliphatic heterocycles. The third-order valence-corrected chi connectivity index (χ3v) is 3.73. The number of carboxylic acid groups (broad SMARTS) is 1. The van der Waals surface area contributed by atoms with E-state index in [1.165, 1.54) is 6.07 Å². The van der Waals surface area contributed by atoms with Crippen LogP contribution < -0.4 is 10.7 Å². The van der Waals surface area contributed by atoms with Crippen LogP contribution in [-0.2, 0) is 9.59 Å². The van der Waals surface area contributed by atoms with Crippen molar-refractivity contribution >= 4 is 35.1 Å². The third-order valence-electron chi connectivity index (χ3n) is 3.49. The summed E-state index contributed by atoms with van der Waals surface area (Å²) in [6.07, 6.45) is 0.0452. The van der Waals surface area contributed by atoms with Gasteiger partial charge in [-0.05, 0) is 23.8 Å². The molecule has 7 nitrogen and oxygen atoms in total. The molecule has 0 bridgehead atoms. The molecule has 0 saturated heterocycles. The molecule has 0 aromatic heterocycles. The number of hydrogen-bond acceptors (Lipinski definition) is 4. The van der Waals surface area contributed by atoms with Gasteiger partial charge in [-0.3, -0.25) is 14.4 Å². The molecule has 3 N–H and O–H groups in total. The van der Waals surface area contributed by atoms with Gasteiger partial charge in [-0.15, -0.1) is 0 Å². The Kier molecular flexibility index (Phi) is 7.51. The van der Waals surface area contributed by atoms with E-state index in [1.807, 2.05) is 6.07 Å². The highest BCUT2D eigenvalue weighted by Crippen LogP contribution is 2.10. The van der Waals surface area contributed by atoms with Gasteiger partial charge in [-0.2, -0.15) is 5.10 Å². The molecule has 2 aromatic carbocycles. The van der Waals surface area contributed by atoms with Crippen LogP contribution >= 0.6 is 11.6 Å². The predicted molar refractivity (Wildman–Crippen MR) is 102 cm³/mol. The van der Waals surface area contributed by atoms with E-state index in [0.717, 1.165) is 0 Å². The molecule has 8 heteroatoms. The number of carbonyl (C=O) groups is 3. The molecule has 0 atom stereocenters. The standard InChI is InChI=1S/C19H18ClN3O4/c20-15-8-4-7-14(11-15)19(27)21-12-17(24)23-22-16(9-10-18(25)26)13-5-2-1-3-6-13/h1-8,11H,9-10,12H2,(H,21,27)(H,23,24)(H,25,26)/b22-16-. The molecule has 140 valence electrons. The van der Waals surface area contributed by atoms with E-state index >= 15 is 0 Å². The minimum Gasteiger partial charge on any atom is -0.481 e. The number of aliphatic carboxylic acids is 1. The van der Waals surface area contributed by atoms with Crippen molar-refractivity contribution in [1.82, 2.24) is 10.7 Å². The molecule has 2 rings (SSSR count). The van der Waals surface area contributed by atoms with Crippen molar-refractivity contribution in [3.05, 3.63) is 70.7 Å². The molecule has 27 heavy (non-hydrogen) atoms. The maximum Gasteiger partial charge on any atom is 0.303 e. The lowest BCUT2D eigenvalue weighted by atomic mass is 10.1. The van der Waals surface area contributed by atoms with Crippen LogP contribution in [0.5, 0.6) is 0 Å². The van der Waals surface area contributed by atoms with Crippen LogP contribution in [-0.4, -0.2) is 35.1 Å². The SMILES string of the molecule is O=C(O)CC/C(=N/NC(=O)CNC(=O)c1cccc(Cl)c1)c1ccccc1. The number of nitrogens with one attached hydrogen (secondary N) is 2. The Morgan fingerprint density at radius 2 is 1.67 bits per heavy atom. The van der Waals surface area contributed by atoms with Gasteiger partial charge < -0.3 is 10.4 Å². The largest absolute Gasteiger partial charge is 0.481 e. The Bertz CT molecular complexity index is 853. The highest BCUT2D eigenvalue weighted by Gasteiger charge is 2.10. The normalized spacial score (nSPS) is 10.9. The predicted octanol–water partition coefficient (Wildman–Crippen LogP) is 2.46. The van der Waals surface area contributed by atoms with Crippen molar-refractivity contribution < 1.29 is 19.5 Å². The maximum absolute atomic E-state index is 12.0. The smallest absolute Gasteiger partial charge is 0.303 e. The van der Waals surface area contributed by atoms with Gasteiger partial charge in [0.25, 0.3) is 11.8 Å². The lowest BCUT2D eigenvalue weighted by molar-refractivity contribution is -0.136. The Hall–Kier alpha value is -3.19. The lowest BCUT2D eigenvalue weighted by Gasteiger charge is -2.08. The average molecular weight is 388 g/mol. The van der Waals surface area contributed by atoms with Crippen LogP contribution in [0.25, 0.3) is 0 Å². The van der Waals surface area contributed by atoms with E-state index < -0.39 is 17.8 Å². The van der Waals surface area contributed by atoms with Crippen molar-refractivity contribution in [2.75, 3.05) is 6.54 Å². The van der Waals surface area contributed by atoms with Gasteiger partial charge in [0.1, 0.15) is 0 Å². The summed E-state index contributed by atoms with van der Waals surface area (Å²) in [7, 11) is 0. The average Bonchev–Trinajstić information content (AvgIpc) is 2.66. The first-order valence-electron chi connectivity index (χ1n) is 8.12. The fourth-order valence-electron chi connectivity index (χ4n) is 2.18. The summed E-state index contributed by atoms with van der Waals surface area (Å²) in [5.74, 6) is -1.93. The zero-order valence-corrected chi connectivity index (χ0v) is 15.1. The number of carbonyl (C=O) groups excluding carboxylic acids is 2. The van der Waals surface area contributed by atoms with Crippen LogP contribution in [0.4, 0.5) is 0 Å². The molecule has 0 spiro atoms. The fraction of sp³-hybridized carbons (Fsp3) is 0.158. The van der Waals surface area contributed by atoms with Gasteiger partial charge in [-0.25, -0.2) is 5.43 Å². The summed E-state index contributed by atoms with van der Waals surface area (Å²) in [5, 5.41) is 15.8. The van der Waals surface area contributed by atoms with Gasteiger partial charge in [0.05, 0.1) is 18.7 Å². The summed E-state index contributed by atoms with van der Waals surface area (Å²) < 4.78 is 0. The first-order valence-corrected chi connectivity index (χ1v) is 8.50. The van der Waals surface area contributed by atoms with E-state index in [1.54, 1.807) is 42.5 Å². The van der Waals surface area contributed by atoms with Crippen LogP contribution in [0.15, 0.2) is 59.7 Å². The summed E-state index contributed by atoms with van der Waals surface area (Å²) in [6.45, 7) is -0.282. The molecule has 0 radical (unpaired) electrons. The molecule has 0 saturated carbocycles. The number of rotatable bonds is 8. The molecule has 2 amide bonds. The Morgan fingerprint density at radius 1 is 0.963 bits per heavy atom. The van der Waals surface area contributed by atoms with Gasteiger partial charge in [0.15, 0.2) is 0 Å². The van der Waals surface area contributed by atoms with Gasteiger partial charge in [0.2, 0.25) is 0 Å². The number of hydrazone groups is 1. The van der Waals surface area contributed by atoms with Crippen molar-refractivity contribution in [2.24, 2.45) is 5.10 Å². The minimum absolute atomic E-state index is 0.116. The highest BCUT2D eigenvalue weighted by molar-refractivity contribution is 6.31. The summed E-state index contributed by atoms with van der Waals surface area (Å²) in [5.41, 5.74) is 3.82. The van der Waals surface area contributed by atoms with E-state index in [0.29, 0.717) is 21.9 Å². The summed E-state index contributed by atoms with van der Waals surface area (Å²) >= 11 is 5.83. The van der Waals surface area contributed by atoms with Crippen LogP contribution in [0, 0.1) is 0 Å². The molecule has 0 aliphatic carbocycles. The number of carboxylic acids is 1. The van der Waals surface area contributed by atoms with Crippen molar-refractivity contribution in [3.8, 4) is 0 Å². The fourth-order valence-corrected chi connectivity index (χ4v) is 2.37. The Balaban J connectivity index is 1.95. The lowest BCUT2D eigenvalue weighted by Crippen LogP contribution is -2.35. The molecular formula is C19H18ClN3O4. The number of hydrogen-bond donors (Lipinski definition) is 3. The van der Waals surface area contributed by atoms with E-state index in [2.05, 4.69) is 15.8 Å². The topological polar surface area (TPSA) is 108 Å². The highest BCUT2D eigenvalue weighted by atomic mass is 35.5. The number of benzene rings is 2. The van der Waals surface area contributed by atoms with Crippen molar-refractivity contribution in [3.63, 3.8) is 0 Å². The van der Waals surface area contributed by atoms with Crippen molar-refractivity contribution in [1.29, 1.82) is 0 Å². The Morgan fingerprint density at radius 3 is 2.33 bits per heavy atom. The molecule has 0 aliphatic rings. The quantitative estimate of drug-likeness (QED) is 0.477. The van der Waals surface area contributed by atoms with Crippen molar-refractivity contribution in [2.45, 2.75) is 12.8 Å². The second-order valence-electron chi connectivity index (χ2n) is 5.55. The van der Waals surface area contributed by atoms with Crippen LogP contribution in [0.1, 0.15) is 28.8 Å². The van der Waals surface area contributed by atoms with Crippen LogP contribution in [0.2, 0.25) is 5.02 Å².